The predicted molar refractivity (Wildman–Crippen MR) is 136 cm³/mol. The first kappa shape index (κ1) is 27.3. The highest BCUT2D eigenvalue weighted by molar-refractivity contribution is 6.30. The molecule has 0 spiro atoms. The second kappa shape index (κ2) is 13.1. The Balaban J connectivity index is 1.79. The molecule has 1 atom stereocenters. The highest BCUT2D eigenvalue weighted by atomic mass is 35.5. The van der Waals surface area contributed by atoms with Gasteiger partial charge in [-0.3, -0.25) is 5.41 Å². The summed E-state index contributed by atoms with van der Waals surface area (Å²) in [5, 5.41) is 18.0. The Morgan fingerprint density at radius 3 is 2.38 bits per heavy atom. The maximum atomic E-state index is 11.2. The zero-order valence-corrected chi connectivity index (χ0v) is 20.8. The van der Waals surface area contributed by atoms with Crippen LogP contribution in [0, 0.1) is 5.41 Å². The highest BCUT2D eigenvalue weighted by Gasteiger charge is 2.29. The summed E-state index contributed by atoms with van der Waals surface area (Å²) in [6.07, 6.45) is 3.14. The van der Waals surface area contributed by atoms with Gasteiger partial charge in [0.05, 0.1) is 6.10 Å². The van der Waals surface area contributed by atoms with Gasteiger partial charge in [0.2, 0.25) is 0 Å². The van der Waals surface area contributed by atoms with Crippen molar-refractivity contribution in [2.45, 2.75) is 64.6 Å². The lowest BCUT2D eigenvalue weighted by atomic mass is 10.0. The van der Waals surface area contributed by atoms with Gasteiger partial charge in [-0.15, -0.1) is 0 Å². The van der Waals surface area contributed by atoms with Crippen molar-refractivity contribution in [1.29, 1.82) is 5.41 Å². The lowest BCUT2D eigenvalue weighted by molar-refractivity contribution is -0.152. The van der Waals surface area contributed by atoms with Crippen LogP contribution in [0.5, 0.6) is 5.75 Å². The number of carbonyl (C=O) groups is 1. The molecule has 2 aromatic rings. The SMILES string of the molecule is CCOC(CCC(=N)N=C(N)CCCc1ccc(OC(C)(C)C(=O)O)cc1)c1ccc(Cl)cc1. The summed E-state index contributed by atoms with van der Waals surface area (Å²) in [6, 6.07) is 14.9. The molecule has 34 heavy (non-hydrogen) atoms. The van der Waals surface area contributed by atoms with Gasteiger partial charge >= 0.3 is 5.97 Å². The third kappa shape index (κ3) is 9.15. The average molecular weight is 488 g/mol. The molecule has 2 aromatic carbocycles. The number of amidine groups is 2. The van der Waals surface area contributed by atoms with E-state index in [0.717, 1.165) is 24.0 Å². The van der Waals surface area contributed by atoms with Crippen LogP contribution in [0.3, 0.4) is 0 Å². The van der Waals surface area contributed by atoms with E-state index in [0.29, 0.717) is 42.5 Å². The number of nitrogens with two attached hydrogens (primary N) is 1. The fraction of sp³-hybridized carbons (Fsp3) is 0.423. The third-order valence-electron chi connectivity index (χ3n) is 5.24. The van der Waals surface area contributed by atoms with E-state index in [1.54, 1.807) is 12.1 Å². The molecule has 0 saturated carbocycles. The van der Waals surface area contributed by atoms with Gasteiger partial charge < -0.3 is 20.3 Å². The van der Waals surface area contributed by atoms with Crippen molar-refractivity contribution in [3.8, 4) is 5.75 Å². The number of aliphatic imine (C=N–C) groups is 1. The average Bonchev–Trinajstić information content (AvgIpc) is 2.78. The molecular weight excluding hydrogens is 454 g/mol. The first-order chi connectivity index (χ1) is 16.1. The molecule has 0 radical (unpaired) electrons. The normalized spacial score (nSPS) is 12.9. The minimum atomic E-state index is -1.28. The van der Waals surface area contributed by atoms with Gasteiger partial charge in [-0.1, -0.05) is 35.9 Å². The number of nitrogens with zero attached hydrogens (tertiary/aromatic N) is 1. The number of aryl methyl sites for hydroxylation is 1. The van der Waals surface area contributed by atoms with E-state index >= 15 is 0 Å². The molecule has 0 saturated heterocycles. The number of hydrogen-bond donors (Lipinski definition) is 3. The van der Waals surface area contributed by atoms with Gasteiger partial charge in [0.15, 0.2) is 5.60 Å². The van der Waals surface area contributed by atoms with Crippen LogP contribution < -0.4 is 10.5 Å². The minimum Gasteiger partial charge on any atom is -0.478 e. The fourth-order valence-corrected chi connectivity index (χ4v) is 3.44. The Labute approximate surface area is 206 Å². The maximum absolute atomic E-state index is 11.2. The van der Waals surface area contributed by atoms with Crippen LogP contribution in [-0.4, -0.2) is 35.0 Å². The number of hydrogen-bond acceptors (Lipinski definition) is 4. The zero-order valence-electron chi connectivity index (χ0n) is 20.0. The smallest absolute Gasteiger partial charge is 0.347 e. The number of carboxylic acids is 1. The van der Waals surface area contributed by atoms with Crippen LogP contribution in [0.15, 0.2) is 53.5 Å². The van der Waals surface area contributed by atoms with Crippen LogP contribution in [0.2, 0.25) is 5.02 Å². The van der Waals surface area contributed by atoms with Crippen LogP contribution in [-0.2, 0) is 16.0 Å². The molecule has 0 aliphatic carbocycles. The molecule has 0 amide bonds. The molecule has 184 valence electrons. The number of benzene rings is 2. The number of halogens is 1. The zero-order chi connectivity index (χ0) is 25.1. The highest BCUT2D eigenvalue weighted by Crippen LogP contribution is 2.25. The number of ether oxygens (including phenoxy) is 2. The van der Waals surface area contributed by atoms with E-state index in [2.05, 4.69) is 4.99 Å². The van der Waals surface area contributed by atoms with Gasteiger partial charge in [-0.05, 0) is 75.4 Å². The van der Waals surface area contributed by atoms with Gasteiger partial charge in [0, 0.05) is 24.5 Å². The molecule has 4 N–H and O–H groups in total. The Morgan fingerprint density at radius 1 is 1.15 bits per heavy atom. The summed E-state index contributed by atoms with van der Waals surface area (Å²) in [6.45, 7) is 5.55. The number of carboxylic acid groups (broad SMARTS) is 1. The summed E-state index contributed by atoms with van der Waals surface area (Å²) in [7, 11) is 0. The Morgan fingerprint density at radius 2 is 1.79 bits per heavy atom. The van der Waals surface area contributed by atoms with Crippen molar-refractivity contribution in [1.82, 2.24) is 0 Å². The minimum absolute atomic E-state index is 0.118. The van der Waals surface area contributed by atoms with Gasteiger partial charge in [0.1, 0.15) is 17.4 Å². The Kier molecular flexibility index (Phi) is 10.5. The van der Waals surface area contributed by atoms with Crippen molar-refractivity contribution < 1.29 is 19.4 Å². The quantitative estimate of drug-likeness (QED) is 0.244. The summed E-state index contributed by atoms with van der Waals surface area (Å²) in [4.78, 5) is 15.4. The molecule has 0 aliphatic heterocycles. The lowest BCUT2D eigenvalue weighted by Gasteiger charge is -2.21. The van der Waals surface area contributed by atoms with Crippen molar-refractivity contribution in [2.75, 3.05) is 6.61 Å². The van der Waals surface area contributed by atoms with E-state index in [4.69, 9.17) is 37.3 Å². The molecule has 8 heteroatoms. The Bertz CT molecular complexity index is 973. The standard InChI is InChI=1S/C26H34ClN3O4/c1-4-33-22(19-10-12-20(27)13-11-19)16-17-24(29)30-23(28)7-5-6-18-8-14-21(15-9-18)34-26(2,3)25(31)32/h8-15,22H,4-7,16-17H2,1-3H3,(H,31,32)(H3,28,29,30). The molecule has 0 fully saturated rings. The molecular formula is C26H34ClN3O4. The maximum Gasteiger partial charge on any atom is 0.347 e. The molecule has 2 rings (SSSR count). The summed E-state index contributed by atoms with van der Waals surface area (Å²) in [5.74, 6) is 0.163. The van der Waals surface area contributed by atoms with Crippen molar-refractivity contribution >= 4 is 29.2 Å². The molecule has 0 aromatic heterocycles. The van der Waals surface area contributed by atoms with E-state index in [1.165, 1.54) is 13.8 Å². The second-order valence-electron chi connectivity index (χ2n) is 8.50. The van der Waals surface area contributed by atoms with E-state index < -0.39 is 11.6 Å². The molecule has 0 bridgehead atoms. The molecule has 1 unspecified atom stereocenters. The first-order valence-electron chi connectivity index (χ1n) is 11.4. The van der Waals surface area contributed by atoms with Crippen LogP contribution in [0.1, 0.15) is 63.7 Å². The van der Waals surface area contributed by atoms with E-state index in [-0.39, 0.29) is 11.9 Å². The number of aliphatic carboxylic acids is 1. The molecule has 0 heterocycles. The predicted octanol–water partition coefficient (Wildman–Crippen LogP) is 5.80. The summed E-state index contributed by atoms with van der Waals surface area (Å²) >= 11 is 5.97. The number of nitrogens with one attached hydrogen (secondary N) is 1. The monoisotopic (exact) mass is 487 g/mol. The molecule has 7 nitrogen and oxygen atoms in total. The number of rotatable bonds is 13. The summed E-state index contributed by atoms with van der Waals surface area (Å²) < 4.78 is 11.3. The second-order valence-corrected chi connectivity index (χ2v) is 8.94. The first-order valence-corrected chi connectivity index (χ1v) is 11.8. The largest absolute Gasteiger partial charge is 0.478 e. The van der Waals surface area contributed by atoms with E-state index in [9.17, 15) is 4.79 Å². The summed E-state index contributed by atoms with van der Waals surface area (Å²) in [5.41, 5.74) is 6.87. The Hall–Kier alpha value is -2.90. The van der Waals surface area contributed by atoms with Gasteiger partial charge in [0.25, 0.3) is 0 Å². The van der Waals surface area contributed by atoms with Crippen LogP contribution in [0.4, 0.5) is 0 Å². The van der Waals surface area contributed by atoms with Crippen molar-refractivity contribution in [3.63, 3.8) is 0 Å². The topological polar surface area (TPSA) is 118 Å². The van der Waals surface area contributed by atoms with Gasteiger partial charge in [-0.25, -0.2) is 9.79 Å². The third-order valence-corrected chi connectivity index (χ3v) is 5.49. The molecule has 0 aliphatic rings. The van der Waals surface area contributed by atoms with Crippen LogP contribution >= 0.6 is 11.6 Å². The fourth-order valence-electron chi connectivity index (χ4n) is 3.31. The van der Waals surface area contributed by atoms with E-state index in [1.807, 2.05) is 43.3 Å². The van der Waals surface area contributed by atoms with Crippen LogP contribution in [0.25, 0.3) is 0 Å². The van der Waals surface area contributed by atoms with Gasteiger partial charge in [-0.2, -0.15) is 0 Å². The van der Waals surface area contributed by atoms with Crippen molar-refractivity contribution in [2.24, 2.45) is 10.7 Å². The van der Waals surface area contributed by atoms with Crippen molar-refractivity contribution in [3.05, 3.63) is 64.7 Å². The lowest BCUT2D eigenvalue weighted by Crippen LogP contribution is -2.37.